The number of Topliss-reactive ketones (excluding diaryl/α,β-unsaturated/α-hetero) is 1. The lowest BCUT2D eigenvalue weighted by Crippen LogP contribution is -2.29. The fraction of sp³-hybridized carbons (Fsp3) is 0.316. The van der Waals surface area contributed by atoms with Crippen molar-refractivity contribution >= 4 is 15.0 Å². The standard InChI is InChI=1S/C19H21OP/c1-14-8-7-11-16(15-9-3-2-4-10-15)17(14)18(20)19(21)12-5-6-13-19/h2-4,7-11H,5-6,12-13,21H2,1H3. The molecule has 108 valence electrons. The lowest BCUT2D eigenvalue weighted by atomic mass is 9.87. The number of rotatable bonds is 3. The summed E-state index contributed by atoms with van der Waals surface area (Å²) in [6, 6.07) is 16.4. The minimum absolute atomic E-state index is 0.254. The molecule has 0 amide bonds. The maximum atomic E-state index is 13.2. The van der Waals surface area contributed by atoms with E-state index in [1.807, 2.05) is 37.3 Å². The highest BCUT2D eigenvalue weighted by Crippen LogP contribution is 2.42. The van der Waals surface area contributed by atoms with Crippen LogP contribution in [0.4, 0.5) is 0 Å². The molecule has 0 heterocycles. The third kappa shape index (κ3) is 2.68. The van der Waals surface area contributed by atoms with Gasteiger partial charge >= 0.3 is 0 Å². The van der Waals surface area contributed by atoms with E-state index in [0.717, 1.165) is 47.9 Å². The normalized spacial score (nSPS) is 16.9. The summed E-state index contributed by atoms with van der Waals surface area (Å²) in [5, 5.41) is -0.254. The Balaban J connectivity index is 2.12. The van der Waals surface area contributed by atoms with E-state index >= 15 is 0 Å². The number of aryl methyl sites for hydroxylation is 1. The Kier molecular flexibility index (Phi) is 3.95. The first-order chi connectivity index (χ1) is 10.1. The average Bonchev–Trinajstić information content (AvgIpc) is 2.95. The van der Waals surface area contributed by atoms with Gasteiger partial charge in [0.05, 0.1) is 0 Å². The van der Waals surface area contributed by atoms with Crippen molar-refractivity contribution in [1.29, 1.82) is 0 Å². The van der Waals surface area contributed by atoms with E-state index in [0.29, 0.717) is 5.78 Å². The predicted octanol–water partition coefficient (Wildman–Crippen LogP) is 5.03. The summed E-state index contributed by atoms with van der Waals surface area (Å²) < 4.78 is 0. The van der Waals surface area contributed by atoms with Gasteiger partial charge in [0.15, 0.2) is 5.78 Å². The van der Waals surface area contributed by atoms with Crippen molar-refractivity contribution in [2.45, 2.75) is 37.8 Å². The van der Waals surface area contributed by atoms with Gasteiger partial charge in [-0.05, 0) is 36.5 Å². The van der Waals surface area contributed by atoms with Crippen molar-refractivity contribution in [1.82, 2.24) is 0 Å². The molecule has 2 aromatic rings. The van der Waals surface area contributed by atoms with Crippen LogP contribution in [0.25, 0.3) is 11.1 Å². The molecule has 0 bridgehead atoms. The molecule has 1 fully saturated rings. The van der Waals surface area contributed by atoms with Crippen LogP contribution in [0.3, 0.4) is 0 Å². The summed E-state index contributed by atoms with van der Waals surface area (Å²) in [4.78, 5) is 13.2. The van der Waals surface area contributed by atoms with Crippen LogP contribution in [-0.4, -0.2) is 10.9 Å². The maximum absolute atomic E-state index is 13.2. The van der Waals surface area contributed by atoms with Crippen molar-refractivity contribution in [3.8, 4) is 11.1 Å². The summed E-state index contributed by atoms with van der Waals surface area (Å²) in [5.74, 6) is 0.293. The zero-order valence-electron chi connectivity index (χ0n) is 12.4. The van der Waals surface area contributed by atoms with Gasteiger partial charge in [-0.3, -0.25) is 4.79 Å². The molecule has 0 aromatic heterocycles. The molecule has 0 spiro atoms. The molecule has 3 rings (SSSR count). The molecule has 1 nitrogen and oxygen atoms in total. The summed E-state index contributed by atoms with van der Waals surface area (Å²) >= 11 is 0. The van der Waals surface area contributed by atoms with Crippen LogP contribution in [0, 0.1) is 6.92 Å². The van der Waals surface area contributed by atoms with E-state index in [-0.39, 0.29) is 5.16 Å². The van der Waals surface area contributed by atoms with Gasteiger partial charge in [-0.15, -0.1) is 9.24 Å². The highest BCUT2D eigenvalue weighted by molar-refractivity contribution is 7.21. The van der Waals surface area contributed by atoms with Crippen molar-refractivity contribution < 1.29 is 4.79 Å². The molecule has 2 aromatic carbocycles. The molecule has 1 saturated carbocycles. The van der Waals surface area contributed by atoms with Gasteiger partial charge in [0.1, 0.15) is 0 Å². The van der Waals surface area contributed by atoms with Crippen molar-refractivity contribution in [2.24, 2.45) is 0 Å². The van der Waals surface area contributed by atoms with Crippen molar-refractivity contribution in [3.63, 3.8) is 0 Å². The smallest absolute Gasteiger partial charge is 0.173 e. The van der Waals surface area contributed by atoms with Gasteiger partial charge < -0.3 is 0 Å². The highest BCUT2D eigenvalue weighted by atomic mass is 31.0. The average molecular weight is 296 g/mol. The molecule has 0 N–H and O–H groups in total. The third-order valence-electron chi connectivity index (χ3n) is 4.53. The van der Waals surface area contributed by atoms with Crippen molar-refractivity contribution in [3.05, 3.63) is 59.7 Å². The zero-order chi connectivity index (χ0) is 14.9. The molecule has 21 heavy (non-hydrogen) atoms. The molecule has 0 saturated heterocycles. The monoisotopic (exact) mass is 296 g/mol. The second-order valence-electron chi connectivity index (χ2n) is 6.06. The van der Waals surface area contributed by atoms with Crippen LogP contribution >= 0.6 is 9.24 Å². The first kappa shape index (κ1) is 14.5. The van der Waals surface area contributed by atoms with Crippen molar-refractivity contribution in [2.75, 3.05) is 0 Å². The van der Waals surface area contributed by atoms with E-state index < -0.39 is 0 Å². The van der Waals surface area contributed by atoms with Crippen LogP contribution in [0.2, 0.25) is 0 Å². The molecular formula is C19H21OP. The summed E-state index contributed by atoms with van der Waals surface area (Å²) in [7, 11) is 2.85. The molecule has 1 aliphatic carbocycles. The highest BCUT2D eigenvalue weighted by Gasteiger charge is 2.38. The van der Waals surface area contributed by atoms with Gasteiger partial charge in [-0.1, -0.05) is 61.4 Å². The van der Waals surface area contributed by atoms with E-state index in [1.165, 1.54) is 0 Å². The summed E-state index contributed by atoms with van der Waals surface area (Å²) in [6.45, 7) is 2.04. The summed E-state index contributed by atoms with van der Waals surface area (Å²) in [6.07, 6.45) is 4.28. The zero-order valence-corrected chi connectivity index (χ0v) is 13.6. The summed E-state index contributed by atoms with van der Waals surface area (Å²) in [5.41, 5.74) is 4.17. The van der Waals surface area contributed by atoms with Gasteiger partial charge in [0.2, 0.25) is 0 Å². The van der Waals surface area contributed by atoms with Crippen LogP contribution < -0.4 is 0 Å². The molecular weight excluding hydrogens is 275 g/mol. The van der Waals surface area contributed by atoms with Crippen LogP contribution in [0.15, 0.2) is 48.5 Å². The number of ketones is 1. The Morgan fingerprint density at radius 1 is 1.00 bits per heavy atom. The minimum atomic E-state index is -0.254. The lowest BCUT2D eigenvalue weighted by molar-refractivity contribution is 0.0944. The predicted molar refractivity (Wildman–Crippen MR) is 91.9 cm³/mol. The molecule has 0 aliphatic heterocycles. The fourth-order valence-electron chi connectivity index (χ4n) is 3.31. The Labute approximate surface area is 129 Å². The molecule has 1 unspecified atom stereocenters. The Hall–Kier alpha value is -1.46. The largest absolute Gasteiger partial charge is 0.293 e. The number of hydrogen-bond donors (Lipinski definition) is 0. The number of carbonyl (C=O) groups excluding carboxylic acids is 1. The molecule has 1 atom stereocenters. The SMILES string of the molecule is Cc1cccc(-c2ccccc2)c1C(=O)C1(P)CCCC1. The molecule has 1 aliphatic rings. The topological polar surface area (TPSA) is 17.1 Å². The first-order valence-corrected chi connectivity index (χ1v) is 8.18. The number of hydrogen-bond acceptors (Lipinski definition) is 1. The molecule has 0 radical (unpaired) electrons. The number of carbonyl (C=O) groups is 1. The van der Waals surface area contributed by atoms with E-state index in [2.05, 4.69) is 27.4 Å². The van der Waals surface area contributed by atoms with Crippen LogP contribution in [0.1, 0.15) is 41.6 Å². The Morgan fingerprint density at radius 3 is 2.33 bits per heavy atom. The van der Waals surface area contributed by atoms with Gasteiger partial charge in [-0.2, -0.15) is 0 Å². The Bertz CT molecular complexity index is 655. The van der Waals surface area contributed by atoms with E-state index in [4.69, 9.17) is 0 Å². The first-order valence-electron chi connectivity index (χ1n) is 7.60. The lowest BCUT2D eigenvalue weighted by Gasteiger charge is -2.24. The van der Waals surface area contributed by atoms with E-state index in [9.17, 15) is 4.79 Å². The quantitative estimate of drug-likeness (QED) is 0.573. The van der Waals surface area contributed by atoms with Gasteiger partial charge in [0.25, 0.3) is 0 Å². The third-order valence-corrected chi connectivity index (χ3v) is 5.37. The van der Waals surface area contributed by atoms with E-state index in [1.54, 1.807) is 0 Å². The van der Waals surface area contributed by atoms with Gasteiger partial charge in [0, 0.05) is 10.7 Å². The van der Waals surface area contributed by atoms with Gasteiger partial charge in [-0.25, -0.2) is 0 Å². The van der Waals surface area contributed by atoms with Crippen LogP contribution in [0.5, 0.6) is 0 Å². The number of benzene rings is 2. The fourth-order valence-corrected chi connectivity index (χ4v) is 3.86. The minimum Gasteiger partial charge on any atom is -0.293 e. The second kappa shape index (κ2) is 5.73. The Morgan fingerprint density at radius 2 is 1.67 bits per heavy atom. The molecule has 2 heteroatoms. The second-order valence-corrected chi connectivity index (χ2v) is 7.16. The van der Waals surface area contributed by atoms with Crippen LogP contribution in [-0.2, 0) is 0 Å². The maximum Gasteiger partial charge on any atom is 0.173 e.